The first-order valence-corrected chi connectivity index (χ1v) is 10.0. The van der Waals surface area contributed by atoms with E-state index >= 15 is 0 Å². The Morgan fingerprint density at radius 3 is 2.72 bits per heavy atom. The van der Waals surface area contributed by atoms with Crippen molar-refractivity contribution in [2.45, 2.75) is 6.54 Å². The van der Waals surface area contributed by atoms with Gasteiger partial charge in [-0.3, -0.25) is 4.79 Å². The molecule has 0 radical (unpaired) electrons. The van der Waals surface area contributed by atoms with E-state index in [1.807, 2.05) is 72.8 Å². The van der Waals surface area contributed by atoms with Gasteiger partial charge in [-0.15, -0.1) is 5.10 Å². The molecule has 0 bridgehead atoms. The second-order valence-corrected chi connectivity index (χ2v) is 7.11. The van der Waals surface area contributed by atoms with Crippen molar-refractivity contribution in [3.8, 4) is 34.3 Å². The van der Waals surface area contributed by atoms with Gasteiger partial charge in [0.05, 0.1) is 12.8 Å². The van der Waals surface area contributed by atoms with Crippen LogP contribution in [0.5, 0.6) is 17.2 Å². The molecule has 0 spiro atoms. The Bertz CT molecular complexity index is 1270. The van der Waals surface area contributed by atoms with E-state index in [9.17, 15) is 4.79 Å². The molecule has 4 aromatic rings. The van der Waals surface area contributed by atoms with Crippen LogP contribution in [0, 0.1) is 0 Å². The van der Waals surface area contributed by atoms with Crippen LogP contribution in [0.25, 0.3) is 17.1 Å². The Kier molecular flexibility index (Phi) is 5.17. The van der Waals surface area contributed by atoms with E-state index in [4.69, 9.17) is 14.2 Å². The number of aromatic nitrogens is 3. The number of hydrogen-bond donors (Lipinski definition) is 1. The highest BCUT2D eigenvalue weighted by molar-refractivity contribution is 5.91. The summed E-state index contributed by atoms with van der Waals surface area (Å²) in [6, 6.07) is 22.6. The molecule has 0 unspecified atom stereocenters. The predicted octanol–water partition coefficient (Wildman–Crippen LogP) is 3.60. The summed E-state index contributed by atoms with van der Waals surface area (Å²) in [6.45, 7) is 0.517. The molecule has 0 atom stereocenters. The molecule has 5 rings (SSSR count). The lowest BCUT2D eigenvalue weighted by Crippen LogP contribution is -2.24. The van der Waals surface area contributed by atoms with E-state index in [2.05, 4.69) is 15.4 Å². The summed E-state index contributed by atoms with van der Waals surface area (Å²) in [6.07, 6.45) is 0. The fourth-order valence-electron chi connectivity index (χ4n) is 3.42. The van der Waals surface area contributed by atoms with Crippen molar-refractivity contribution in [1.82, 2.24) is 20.1 Å². The Morgan fingerprint density at radius 1 is 1.03 bits per heavy atom. The smallest absolute Gasteiger partial charge is 0.291 e. The number of carbonyl (C=O) groups excluding carboxylic acids is 1. The fraction of sp³-hybridized carbons (Fsp3) is 0.125. The molecule has 32 heavy (non-hydrogen) atoms. The van der Waals surface area contributed by atoms with Crippen LogP contribution < -0.4 is 19.5 Å². The van der Waals surface area contributed by atoms with Gasteiger partial charge < -0.3 is 19.5 Å². The summed E-state index contributed by atoms with van der Waals surface area (Å²) < 4.78 is 17.7. The van der Waals surface area contributed by atoms with Crippen molar-refractivity contribution in [2.75, 3.05) is 13.9 Å². The maximum absolute atomic E-state index is 12.9. The summed E-state index contributed by atoms with van der Waals surface area (Å²) in [5.41, 5.74) is 2.47. The van der Waals surface area contributed by atoms with E-state index in [0.29, 0.717) is 29.6 Å². The second-order valence-electron chi connectivity index (χ2n) is 7.11. The van der Waals surface area contributed by atoms with Gasteiger partial charge in [0.2, 0.25) is 12.6 Å². The van der Waals surface area contributed by atoms with Crippen LogP contribution >= 0.6 is 0 Å². The van der Waals surface area contributed by atoms with Gasteiger partial charge in [0, 0.05) is 12.1 Å². The standard InChI is InChI=1S/C24H20N4O4/c1-30-19-9-5-6-17(13-19)23-26-22(27-28(23)18-7-3-2-4-8-18)24(29)25-14-16-10-11-20-21(12-16)32-15-31-20/h2-13H,14-15H2,1H3,(H,25,29). The van der Waals surface area contributed by atoms with Gasteiger partial charge in [-0.1, -0.05) is 36.4 Å². The third-order valence-electron chi connectivity index (χ3n) is 5.03. The Hall–Kier alpha value is -4.33. The van der Waals surface area contributed by atoms with Crippen molar-refractivity contribution in [1.29, 1.82) is 0 Å². The third kappa shape index (κ3) is 3.85. The molecule has 1 aromatic heterocycles. The number of rotatable bonds is 6. The molecule has 2 heterocycles. The van der Waals surface area contributed by atoms with Crippen molar-refractivity contribution in [3.63, 3.8) is 0 Å². The fourth-order valence-corrected chi connectivity index (χ4v) is 3.42. The largest absolute Gasteiger partial charge is 0.497 e. The number of ether oxygens (including phenoxy) is 3. The van der Waals surface area contributed by atoms with Crippen molar-refractivity contribution >= 4 is 5.91 Å². The highest BCUT2D eigenvalue weighted by Gasteiger charge is 2.20. The number of para-hydroxylation sites is 1. The molecule has 1 aliphatic heterocycles. The van der Waals surface area contributed by atoms with Crippen molar-refractivity contribution in [3.05, 3.63) is 84.2 Å². The highest BCUT2D eigenvalue weighted by Crippen LogP contribution is 2.32. The molecule has 1 aliphatic rings. The van der Waals surface area contributed by atoms with E-state index in [-0.39, 0.29) is 18.5 Å². The van der Waals surface area contributed by atoms with Gasteiger partial charge in [-0.25, -0.2) is 9.67 Å². The first-order valence-electron chi connectivity index (χ1n) is 10.0. The first kappa shape index (κ1) is 19.6. The highest BCUT2D eigenvalue weighted by atomic mass is 16.7. The molecule has 160 valence electrons. The van der Waals surface area contributed by atoms with Gasteiger partial charge in [-0.05, 0) is 42.0 Å². The van der Waals surface area contributed by atoms with Crippen LogP contribution in [0.3, 0.4) is 0 Å². The molecule has 3 aromatic carbocycles. The summed E-state index contributed by atoms with van der Waals surface area (Å²) in [5, 5.41) is 7.36. The Balaban J connectivity index is 1.43. The molecular formula is C24H20N4O4. The van der Waals surface area contributed by atoms with Crippen molar-refractivity contribution in [2.24, 2.45) is 0 Å². The lowest BCUT2D eigenvalue weighted by molar-refractivity contribution is 0.0940. The predicted molar refractivity (Wildman–Crippen MR) is 117 cm³/mol. The van der Waals surface area contributed by atoms with Gasteiger partial charge >= 0.3 is 0 Å². The van der Waals surface area contributed by atoms with Crippen LogP contribution in [0.1, 0.15) is 16.2 Å². The topological polar surface area (TPSA) is 87.5 Å². The average Bonchev–Trinajstić information content (AvgIpc) is 3.50. The lowest BCUT2D eigenvalue weighted by Gasteiger charge is -2.07. The van der Waals surface area contributed by atoms with Gasteiger partial charge in [0.25, 0.3) is 5.91 Å². The number of hydrogen-bond acceptors (Lipinski definition) is 6. The number of carbonyl (C=O) groups is 1. The molecule has 1 N–H and O–H groups in total. The zero-order valence-electron chi connectivity index (χ0n) is 17.3. The summed E-state index contributed by atoms with van der Waals surface area (Å²) in [7, 11) is 1.61. The third-order valence-corrected chi connectivity index (χ3v) is 5.03. The molecule has 0 aliphatic carbocycles. The maximum atomic E-state index is 12.9. The second kappa shape index (κ2) is 8.43. The number of methoxy groups -OCH3 is 1. The summed E-state index contributed by atoms with van der Waals surface area (Å²) in [4.78, 5) is 17.4. The van der Waals surface area contributed by atoms with E-state index < -0.39 is 0 Å². The molecular weight excluding hydrogens is 408 g/mol. The van der Waals surface area contributed by atoms with Gasteiger partial charge in [0.1, 0.15) is 5.75 Å². The monoisotopic (exact) mass is 428 g/mol. The minimum atomic E-state index is -0.374. The van der Waals surface area contributed by atoms with E-state index in [0.717, 1.165) is 16.8 Å². The summed E-state index contributed by atoms with van der Waals surface area (Å²) >= 11 is 0. The Morgan fingerprint density at radius 2 is 1.88 bits per heavy atom. The number of amides is 1. The van der Waals surface area contributed by atoms with E-state index in [1.54, 1.807) is 11.8 Å². The quantitative estimate of drug-likeness (QED) is 0.505. The summed E-state index contributed by atoms with van der Waals surface area (Å²) in [5.74, 6) is 2.31. The van der Waals surface area contributed by atoms with Crippen molar-refractivity contribution < 1.29 is 19.0 Å². The van der Waals surface area contributed by atoms with Crippen LogP contribution in [-0.2, 0) is 6.54 Å². The zero-order valence-corrected chi connectivity index (χ0v) is 17.3. The molecule has 1 amide bonds. The Labute approximate surface area is 184 Å². The number of benzene rings is 3. The van der Waals surface area contributed by atoms with Gasteiger partial charge in [0.15, 0.2) is 17.3 Å². The SMILES string of the molecule is COc1cccc(-c2nc(C(=O)NCc3ccc4c(c3)OCO4)nn2-c2ccccc2)c1. The van der Waals surface area contributed by atoms with Crippen LogP contribution in [0.4, 0.5) is 0 Å². The molecule has 0 saturated carbocycles. The normalized spacial score (nSPS) is 11.9. The molecule has 8 heteroatoms. The maximum Gasteiger partial charge on any atom is 0.291 e. The van der Waals surface area contributed by atoms with Gasteiger partial charge in [-0.2, -0.15) is 0 Å². The lowest BCUT2D eigenvalue weighted by atomic mass is 10.2. The number of nitrogens with zero attached hydrogens (tertiary/aromatic N) is 3. The van der Waals surface area contributed by atoms with Crippen LogP contribution in [-0.4, -0.2) is 34.6 Å². The first-order chi connectivity index (χ1) is 15.7. The molecule has 0 fully saturated rings. The van der Waals surface area contributed by atoms with Crippen LogP contribution in [0.2, 0.25) is 0 Å². The molecule has 8 nitrogen and oxygen atoms in total. The number of fused-ring (bicyclic) bond motifs is 1. The van der Waals surface area contributed by atoms with Crippen LogP contribution in [0.15, 0.2) is 72.8 Å². The minimum absolute atomic E-state index is 0.0763. The zero-order chi connectivity index (χ0) is 21.9. The van der Waals surface area contributed by atoms with E-state index in [1.165, 1.54) is 0 Å². The molecule has 0 saturated heterocycles. The average molecular weight is 428 g/mol. The number of nitrogens with one attached hydrogen (secondary N) is 1. The minimum Gasteiger partial charge on any atom is -0.497 e.